The van der Waals surface area contributed by atoms with Crippen LogP contribution in [0.15, 0.2) is 24.3 Å². The fraction of sp³-hybridized carbons (Fsp3) is 0.526. The number of para-hydroxylation sites is 1. The Balaban J connectivity index is 1.46. The summed E-state index contributed by atoms with van der Waals surface area (Å²) in [4.78, 5) is 40.0. The van der Waals surface area contributed by atoms with E-state index >= 15 is 0 Å². The molecule has 0 radical (unpaired) electrons. The van der Waals surface area contributed by atoms with E-state index in [1.165, 1.54) is 11.8 Å². The van der Waals surface area contributed by atoms with Crippen molar-refractivity contribution in [3.8, 4) is 0 Å². The van der Waals surface area contributed by atoms with Crippen molar-refractivity contribution < 1.29 is 19.1 Å². The number of anilines is 1. The Morgan fingerprint density at radius 3 is 2.63 bits per heavy atom. The first-order valence-corrected chi connectivity index (χ1v) is 10.3. The number of piperazine rings is 1. The van der Waals surface area contributed by atoms with Gasteiger partial charge in [0.1, 0.15) is 0 Å². The lowest BCUT2D eigenvalue weighted by molar-refractivity contribution is -0.129. The molecule has 1 N–H and O–H groups in total. The number of nitrogens with zero attached hydrogens (tertiary/aromatic N) is 2. The van der Waals surface area contributed by atoms with E-state index in [2.05, 4.69) is 5.32 Å². The van der Waals surface area contributed by atoms with Crippen LogP contribution in [-0.2, 0) is 20.7 Å². The van der Waals surface area contributed by atoms with Crippen LogP contribution in [-0.4, -0.2) is 71.5 Å². The molecule has 0 saturated carbocycles. The zero-order valence-corrected chi connectivity index (χ0v) is 16.3. The Hall–Kier alpha value is -2.22. The van der Waals surface area contributed by atoms with Gasteiger partial charge in [-0.1, -0.05) is 18.2 Å². The van der Waals surface area contributed by atoms with Crippen LogP contribution >= 0.6 is 11.8 Å². The van der Waals surface area contributed by atoms with E-state index in [9.17, 15) is 14.4 Å². The molecular weight excluding hydrogens is 366 g/mol. The van der Waals surface area contributed by atoms with Crippen LogP contribution < -0.4 is 5.32 Å². The molecule has 0 spiro atoms. The van der Waals surface area contributed by atoms with E-state index in [1.807, 2.05) is 24.3 Å². The second-order valence-electron chi connectivity index (χ2n) is 6.55. The first kappa shape index (κ1) is 19.5. The molecule has 27 heavy (non-hydrogen) atoms. The lowest BCUT2D eigenvalue weighted by Crippen LogP contribution is -2.51. The molecule has 3 amide bonds. The lowest BCUT2D eigenvalue weighted by Gasteiger charge is -2.34. The summed E-state index contributed by atoms with van der Waals surface area (Å²) >= 11 is 1.40. The summed E-state index contributed by atoms with van der Waals surface area (Å²) in [5.41, 5.74) is 2.00. The van der Waals surface area contributed by atoms with Crippen LogP contribution in [0.5, 0.6) is 0 Å². The molecule has 2 heterocycles. The van der Waals surface area contributed by atoms with Gasteiger partial charge < -0.3 is 19.9 Å². The predicted molar refractivity (Wildman–Crippen MR) is 105 cm³/mol. The molecule has 146 valence electrons. The monoisotopic (exact) mass is 391 g/mol. The highest BCUT2D eigenvalue weighted by molar-refractivity contribution is 8.01. The van der Waals surface area contributed by atoms with Crippen molar-refractivity contribution >= 4 is 35.4 Å². The smallest absolute Gasteiger partial charge is 0.409 e. The molecule has 0 aromatic heterocycles. The van der Waals surface area contributed by atoms with E-state index in [1.54, 1.807) is 16.7 Å². The average Bonchev–Trinajstić information content (AvgIpc) is 2.84. The van der Waals surface area contributed by atoms with Crippen molar-refractivity contribution in [2.24, 2.45) is 0 Å². The van der Waals surface area contributed by atoms with E-state index in [4.69, 9.17) is 4.74 Å². The number of carbonyl (C=O) groups excluding carboxylic acids is 3. The number of hydrogen-bond donors (Lipinski definition) is 1. The van der Waals surface area contributed by atoms with E-state index in [-0.39, 0.29) is 28.9 Å². The van der Waals surface area contributed by atoms with Crippen molar-refractivity contribution in [2.45, 2.75) is 25.0 Å². The van der Waals surface area contributed by atoms with Crippen molar-refractivity contribution in [1.82, 2.24) is 9.80 Å². The van der Waals surface area contributed by atoms with Crippen molar-refractivity contribution in [3.05, 3.63) is 29.8 Å². The topological polar surface area (TPSA) is 79.0 Å². The number of amides is 3. The molecule has 1 fully saturated rings. The third kappa shape index (κ3) is 4.94. The standard InChI is InChI=1S/C19H25N3O4S/c1-2-26-19(25)22-11-9-21(10-12-22)17(23)13-27-16-8-7-14-5-3-4-6-15(14)20-18(16)24/h3-6,16H,2,7-13H2,1H3,(H,20,24)/t16-/m0/s1. The number of ether oxygens (including phenoxy) is 1. The van der Waals surface area contributed by atoms with Gasteiger partial charge in [-0.15, -0.1) is 11.8 Å². The quantitative estimate of drug-likeness (QED) is 0.849. The van der Waals surface area contributed by atoms with Gasteiger partial charge in [-0.05, 0) is 31.4 Å². The fourth-order valence-corrected chi connectivity index (χ4v) is 4.29. The first-order chi connectivity index (χ1) is 13.1. The SMILES string of the molecule is CCOC(=O)N1CCN(C(=O)CS[C@H]2CCc3ccccc3NC2=O)CC1. The predicted octanol–water partition coefficient (Wildman–Crippen LogP) is 1.97. The van der Waals surface area contributed by atoms with Gasteiger partial charge in [0, 0.05) is 31.9 Å². The van der Waals surface area contributed by atoms with Crippen LogP contribution in [0.1, 0.15) is 18.9 Å². The summed E-state index contributed by atoms with van der Waals surface area (Å²) in [5, 5.41) is 2.73. The molecule has 2 aliphatic heterocycles. The molecule has 1 aromatic carbocycles. The summed E-state index contributed by atoms with van der Waals surface area (Å²) in [6.07, 6.45) is 1.21. The Morgan fingerprint density at radius 2 is 1.89 bits per heavy atom. The maximum absolute atomic E-state index is 12.5. The summed E-state index contributed by atoms with van der Waals surface area (Å²) in [7, 11) is 0. The number of benzene rings is 1. The zero-order valence-electron chi connectivity index (χ0n) is 15.5. The van der Waals surface area contributed by atoms with E-state index < -0.39 is 0 Å². The number of fused-ring (bicyclic) bond motifs is 1. The number of aryl methyl sites for hydroxylation is 1. The molecule has 3 rings (SSSR count). The van der Waals surface area contributed by atoms with Crippen LogP contribution in [0.4, 0.5) is 10.5 Å². The number of hydrogen-bond acceptors (Lipinski definition) is 5. The molecule has 1 saturated heterocycles. The van der Waals surface area contributed by atoms with Gasteiger partial charge in [0.2, 0.25) is 11.8 Å². The van der Waals surface area contributed by atoms with Gasteiger partial charge in [-0.3, -0.25) is 9.59 Å². The average molecular weight is 391 g/mol. The molecule has 0 aliphatic carbocycles. The highest BCUT2D eigenvalue weighted by atomic mass is 32.2. The summed E-state index contributed by atoms with van der Waals surface area (Å²) in [6, 6.07) is 7.81. The van der Waals surface area contributed by atoms with Crippen LogP contribution in [0.3, 0.4) is 0 Å². The molecule has 1 aromatic rings. The molecule has 0 unspecified atom stereocenters. The Labute approximate surface area is 163 Å². The van der Waals surface area contributed by atoms with Crippen molar-refractivity contribution in [3.63, 3.8) is 0 Å². The molecular formula is C19H25N3O4S. The minimum atomic E-state index is -0.325. The van der Waals surface area contributed by atoms with Gasteiger partial charge >= 0.3 is 6.09 Å². The van der Waals surface area contributed by atoms with E-state index in [0.717, 1.165) is 24.1 Å². The molecule has 1 atom stereocenters. The summed E-state index contributed by atoms with van der Waals surface area (Å²) in [6.45, 7) is 4.09. The third-order valence-corrected chi connectivity index (χ3v) is 6.08. The third-order valence-electron chi connectivity index (χ3n) is 4.81. The number of nitrogens with one attached hydrogen (secondary N) is 1. The molecule has 2 aliphatic rings. The highest BCUT2D eigenvalue weighted by Crippen LogP contribution is 2.27. The first-order valence-electron chi connectivity index (χ1n) is 9.28. The second kappa shape index (κ2) is 9.12. The van der Waals surface area contributed by atoms with Gasteiger partial charge in [0.15, 0.2) is 0 Å². The normalized spacial score (nSPS) is 19.7. The van der Waals surface area contributed by atoms with Crippen molar-refractivity contribution in [2.75, 3.05) is 43.9 Å². The van der Waals surface area contributed by atoms with Crippen LogP contribution in [0.25, 0.3) is 0 Å². The van der Waals surface area contributed by atoms with Gasteiger partial charge in [-0.25, -0.2) is 4.79 Å². The Morgan fingerprint density at radius 1 is 1.19 bits per heavy atom. The number of thioether (sulfide) groups is 1. The maximum atomic E-state index is 12.5. The Bertz CT molecular complexity index is 704. The van der Waals surface area contributed by atoms with Crippen LogP contribution in [0.2, 0.25) is 0 Å². The van der Waals surface area contributed by atoms with Gasteiger partial charge in [0.25, 0.3) is 0 Å². The minimum Gasteiger partial charge on any atom is -0.450 e. The number of carbonyl (C=O) groups is 3. The van der Waals surface area contributed by atoms with Crippen LogP contribution in [0, 0.1) is 0 Å². The van der Waals surface area contributed by atoms with Gasteiger partial charge in [-0.2, -0.15) is 0 Å². The second-order valence-corrected chi connectivity index (χ2v) is 7.74. The van der Waals surface area contributed by atoms with Crippen molar-refractivity contribution in [1.29, 1.82) is 0 Å². The zero-order chi connectivity index (χ0) is 19.2. The molecule has 8 heteroatoms. The number of rotatable bonds is 4. The molecule has 0 bridgehead atoms. The molecule has 7 nitrogen and oxygen atoms in total. The summed E-state index contributed by atoms with van der Waals surface area (Å²) in [5.74, 6) is 0.247. The summed E-state index contributed by atoms with van der Waals surface area (Å²) < 4.78 is 4.99. The van der Waals surface area contributed by atoms with E-state index in [0.29, 0.717) is 32.8 Å². The largest absolute Gasteiger partial charge is 0.450 e. The lowest BCUT2D eigenvalue weighted by atomic mass is 10.1. The minimum absolute atomic E-state index is 0.0121. The maximum Gasteiger partial charge on any atom is 0.409 e. The Kier molecular flexibility index (Phi) is 6.60. The van der Waals surface area contributed by atoms with Gasteiger partial charge in [0.05, 0.1) is 17.6 Å². The fourth-order valence-electron chi connectivity index (χ4n) is 3.27. The highest BCUT2D eigenvalue weighted by Gasteiger charge is 2.28.